The number of anilines is 1. The Bertz CT molecular complexity index is 740. The number of nitrogens with one attached hydrogen (secondary N) is 1. The van der Waals surface area contributed by atoms with Crippen molar-refractivity contribution in [1.82, 2.24) is 5.43 Å². The summed E-state index contributed by atoms with van der Waals surface area (Å²) in [7, 11) is 0. The van der Waals surface area contributed by atoms with Crippen LogP contribution in [-0.2, 0) is 0 Å². The van der Waals surface area contributed by atoms with Crippen LogP contribution in [0.25, 0.3) is 0 Å². The fraction of sp³-hybridized carbons (Fsp3) is 0.176. The first kappa shape index (κ1) is 18.1. The molecule has 2 aromatic rings. The van der Waals surface area contributed by atoms with Gasteiger partial charge in [-0.2, -0.15) is 5.10 Å². The van der Waals surface area contributed by atoms with Crippen molar-refractivity contribution in [1.29, 1.82) is 0 Å². The summed E-state index contributed by atoms with van der Waals surface area (Å²) in [5, 5.41) is 4.68. The summed E-state index contributed by atoms with van der Waals surface area (Å²) in [6.45, 7) is 2.52. The Morgan fingerprint density at radius 1 is 1.29 bits per heavy atom. The fourth-order valence-electron chi connectivity index (χ4n) is 1.91. The van der Waals surface area contributed by atoms with Gasteiger partial charge in [-0.25, -0.2) is 5.43 Å². The van der Waals surface area contributed by atoms with Gasteiger partial charge in [0.2, 0.25) is 0 Å². The van der Waals surface area contributed by atoms with Crippen LogP contribution in [0.5, 0.6) is 5.75 Å². The minimum absolute atomic E-state index is 0.362. The van der Waals surface area contributed by atoms with E-state index in [2.05, 4.69) is 10.5 Å². The summed E-state index contributed by atoms with van der Waals surface area (Å²) in [6.07, 6.45) is 2.30. The third-order valence-electron chi connectivity index (χ3n) is 3.00. The summed E-state index contributed by atoms with van der Waals surface area (Å²) in [5.41, 5.74) is 9.63. The molecule has 0 saturated heterocycles. The summed E-state index contributed by atoms with van der Waals surface area (Å²) in [5.74, 6) is 0.0831. The van der Waals surface area contributed by atoms with Gasteiger partial charge in [-0.1, -0.05) is 36.2 Å². The lowest BCUT2D eigenvalue weighted by molar-refractivity contribution is 0.0955. The van der Waals surface area contributed by atoms with Gasteiger partial charge < -0.3 is 10.5 Å². The maximum atomic E-state index is 11.9. The molecule has 1 amide bonds. The molecule has 0 aliphatic rings. The minimum Gasteiger partial charge on any atom is -0.490 e. The van der Waals surface area contributed by atoms with Crippen molar-refractivity contribution in [2.45, 2.75) is 13.3 Å². The number of ether oxygens (including phenoxy) is 1. The maximum Gasteiger partial charge on any atom is 0.271 e. The second kappa shape index (κ2) is 8.57. The molecule has 7 heteroatoms. The Hall–Kier alpha value is -2.24. The van der Waals surface area contributed by atoms with Gasteiger partial charge in [0, 0.05) is 11.3 Å². The quantitative estimate of drug-likeness (QED) is 0.459. The highest BCUT2D eigenvalue weighted by Crippen LogP contribution is 2.33. The Balaban J connectivity index is 2.05. The molecule has 3 N–H and O–H groups in total. The molecule has 126 valence electrons. The van der Waals surface area contributed by atoms with Gasteiger partial charge in [-0.15, -0.1) is 0 Å². The van der Waals surface area contributed by atoms with E-state index in [1.807, 2.05) is 6.92 Å². The molecule has 0 unspecified atom stereocenters. The zero-order valence-electron chi connectivity index (χ0n) is 13.1. The summed E-state index contributed by atoms with van der Waals surface area (Å²) >= 11 is 12.3. The number of hydrogen-bond acceptors (Lipinski definition) is 4. The minimum atomic E-state index is -0.362. The van der Waals surface area contributed by atoms with Crippen LogP contribution in [0.3, 0.4) is 0 Å². The highest BCUT2D eigenvalue weighted by Gasteiger charge is 2.09. The lowest BCUT2D eigenvalue weighted by Crippen LogP contribution is -2.17. The Labute approximate surface area is 150 Å². The van der Waals surface area contributed by atoms with Gasteiger partial charge in [-0.05, 0) is 42.3 Å². The van der Waals surface area contributed by atoms with Crippen LogP contribution in [0.2, 0.25) is 10.0 Å². The second-order valence-corrected chi connectivity index (χ2v) is 5.80. The molecular formula is C17H17Cl2N3O2. The Kier molecular flexibility index (Phi) is 6.46. The topological polar surface area (TPSA) is 76.7 Å². The van der Waals surface area contributed by atoms with E-state index in [4.69, 9.17) is 33.7 Å². The van der Waals surface area contributed by atoms with Crippen LogP contribution in [0.1, 0.15) is 29.3 Å². The number of nitrogens with zero attached hydrogens (tertiary/aromatic N) is 1. The predicted molar refractivity (Wildman–Crippen MR) is 98.2 cm³/mol. The van der Waals surface area contributed by atoms with Gasteiger partial charge >= 0.3 is 0 Å². The Morgan fingerprint density at radius 2 is 2.00 bits per heavy atom. The van der Waals surface area contributed by atoms with E-state index >= 15 is 0 Å². The molecule has 2 aromatic carbocycles. The van der Waals surface area contributed by atoms with Gasteiger partial charge in [0.25, 0.3) is 5.91 Å². The monoisotopic (exact) mass is 365 g/mol. The van der Waals surface area contributed by atoms with Gasteiger partial charge in [0.05, 0.1) is 22.9 Å². The van der Waals surface area contributed by atoms with Crippen molar-refractivity contribution in [2.75, 3.05) is 12.3 Å². The van der Waals surface area contributed by atoms with Gasteiger partial charge in [0.1, 0.15) is 0 Å². The number of carbonyl (C=O) groups excluding carboxylic acids is 1. The molecule has 0 aliphatic carbocycles. The number of nitrogens with two attached hydrogens (primary N) is 1. The molecule has 5 nitrogen and oxygen atoms in total. The highest BCUT2D eigenvalue weighted by atomic mass is 35.5. The van der Waals surface area contributed by atoms with E-state index in [0.29, 0.717) is 39.2 Å². The smallest absolute Gasteiger partial charge is 0.271 e. The van der Waals surface area contributed by atoms with Crippen LogP contribution in [0.4, 0.5) is 5.69 Å². The van der Waals surface area contributed by atoms with Crippen molar-refractivity contribution in [2.24, 2.45) is 5.10 Å². The van der Waals surface area contributed by atoms with Crippen LogP contribution in [0, 0.1) is 0 Å². The number of hydrogen-bond donors (Lipinski definition) is 2. The molecule has 0 radical (unpaired) electrons. The molecule has 24 heavy (non-hydrogen) atoms. The lowest BCUT2D eigenvalue weighted by Gasteiger charge is -2.09. The average molecular weight is 366 g/mol. The van der Waals surface area contributed by atoms with Crippen molar-refractivity contribution in [3.8, 4) is 5.75 Å². The van der Waals surface area contributed by atoms with E-state index in [1.54, 1.807) is 36.4 Å². The number of hydrazone groups is 1. The van der Waals surface area contributed by atoms with Crippen molar-refractivity contribution in [3.05, 3.63) is 57.6 Å². The molecule has 0 aromatic heterocycles. The zero-order valence-corrected chi connectivity index (χ0v) is 14.6. The molecular weight excluding hydrogens is 349 g/mol. The van der Waals surface area contributed by atoms with E-state index < -0.39 is 0 Å². The predicted octanol–water partition coefficient (Wildman–Crippen LogP) is 4.13. The molecule has 0 aliphatic heterocycles. The molecule has 0 atom stereocenters. The van der Waals surface area contributed by atoms with Gasteiger partial charge in [0.15, 0.2) is 5.75 Å². The van der Waals surface area contributed by atoms with Crippen LogP contribution in [-0.4, -0.2) is 18.7 Å². The number of amides is 1. The molecule has 0 fully saturated rings. The van der Waals surface area contributed by atoms with E-state index in [-0.39, 0.29) is 5.91 Å². The normalized spacial score (nSPS) is 10.8. The number of nitrogen functional groups attached to an aromatic ring is 1. The molecule has 0 bridgehead atoms. The Morgan fingerprint density at radius 3 is 2.62 bits per heavy atom. The third kappa shape index (κ3) is 4.88. The van der Waals surface area contributed by atoms with Crippen molar-refractivity contribution >= 4 is 41.0 Å². The second-order valence-electron chi connectivity index (χ2n) is 4.99. The maximum absolute atomic E-state index is 11.9. The molecule has 0 saturated carbocycles. The van der Waals surface area contributed by atoms with Crippen LogP contribution >= 0.6 is 23.2 Å². The standard InChI is InChI=1S/C17H17Cl2N3O2/c1-2-6-24-16-14(18)7-11(8-15(16)19)10-21-22-17(23)12-4-3-5-13(20)9-12/h3-5,7-10H,2,6,20H2,1H3,(H,22,23)/b21-10-. The molecule has 2 rings (SSSR count). The largest absolute Gasteiger partial charge is 0.490 e. The number of rotatable bonds is 6. The average Bonchev–Trinajstić information content (AvgIpc) is 2.54. The fourth-order valence-corrected chi connectivity index (χ4v) is 2.52. The van der Waals surface area contributed by atoms with Crippen LogP contribution in [0.15, 0.2) is 41.5 Å². The number of benzene rings is 2. The lowest BCUT2D eigenvalue weighted by atomic mass is 10.2. The summed E-state index contributed by atoms with van der Waals surface area (Å²) < 4.78 is 5.49. The first-order valence-electron chi connectivity index (χ1n) is 7.32. The first-order valence-corrected chi connectivity index (χ1v) is 8.07. The van der Waals surface area contributed by atoms with Crippen molar-refractivity contribution in [3.63, 3.8) is 0 Å². The van der Waals surface area contributed by atoms with E-state index in [1.165, 1.54) is 6.21 Å². The van der Waals surface area contributed by atoms with E-state index in [9.17, 15) is 4.79 Å². The molecule has 0 spiro atoms. The van der Waals surface area contributed by atoms with E-state index in [0.717, 1.165) is 6.42 Å². The van der Waals surface area contributed by atoms with Crippen molar-refractivity contribution < 1.29 is 9.53 Å². The number of halogens is 2. The molecule has 0 heterocycles. The first-order chi connectivity index (χ1) is 11.5. The summed E-state index contributed by atoms with van der Waals surface area (Å²) in [4.78, 5) is 11.9. The summed E-state index contributed by atoms with van der Waals surface area (Å²) in [6, 6.07) is 9.94. The third-order valence-corrected chi connectivity index (χ3v) is 3.56. The number of carbonyl (C=O) groups is 1. The SMILES string of the molecule is CCCOc1c(Cl)cc(/C=N\NC(=O)c2cccc(N)c2)cc1Cl. The van der Waals surface area contributed by atoms with Gasteiger partial charge in [-0.3, -0.25) is 4.79 Å². The zero-order chi connectivity index (χ0) is 17.5. The van der Waals surface area contributed by atoms with Crippen LogP contribution < -0.4 is 15.9 Å². The highest BCUT2D eigenvalue weighted by molar-refractivity contribution is 6.37.